The predicted molar refractivity (Wildman–Crippen MR) is 98.5 cm³/mol. The molecule has 2 aliphatic carbocycles. The fourth-order valence-corrected chi connectivity index (χ4v) is 5.50. The predicted octanol–water partition coefficient (Wildman–Crippen LogP) is 2.63. The van der Waals surface area contributed by atoms with E-state index in [2.05, 4.69) is 15.3 Å². The Balaban J connectivity index is 1.35. The van der Waals surface area contributed by atoms with Crippen LogP contribution in [-0.2, 0) is 6.42 Å². The molecular weight excluding hydrogens is 362 g/mol. The Morgan fingerprint density at radius 1 is 1.18 bits per heavy atom. The molecule has 1 aromatic heterocycles. The Morgan fingerprint density at radius 2 is 2.00 bits per heavy atom. The van der Waals surface area contributed by atoms with Crippen LogP contribution in [0.2, 0.25) is 0 Å². The minimum absolute atomic E-state index is 0.155. The van der Waals surface area contributed by atoms with Crippen molar-refractivity contribution >= 4 is 5.91 Å². The van der Waals surface area contributed by atoms with Crippen LogP contribution in [0.25, 0.3) is 5.69 Å². The number of nitrogens with one attached hydrogen (secondary N) is 1. The van der Waals surface area contributed by atoms with Crippen molar-refractivity contribution in [2.45, 2.75) is 37.6 Å². The SMILES string of the molecule is O=C(N[C@@H]1CN2CCC1CC2)c1nn(-c2ccc(F)cc2F)c2c1C[C@H]1C[C@@H]21. The third-order valence-electron chi connectivity index (χ3n) is 7.09. The summed E-state index contributed by atoms with van der Waals surface area (Å²) < 4.78 is 29.3. The van der Waals surface area contributed by atoms with Crippen molar-refractivity contribution in [3.8, 4) is 5.69 Å². The van der Waals surface area contributed by atoms with Gasteiger partial charge in [-0.05, 0) is 62.7 Å². The molecule has 0 unspecified atom stereocenters. The number of aromatic nitrogens is 2. The Kier molecular flexibility index (Phi) is 3.49. The zero-order valence-electron chi connectivity index (χ0n) is 15.5. The molecule has 0 spiro atoms. The summed E-state index contributed by atoms with van der Waals surface area (Å²) in [5.41, 5.74) is 2.52. The van der Waals surface area contributed by atoms with E-state index in [-0.39, 0.29) is 17.6 Å². The molecule has 2 bridgehead atoms. The van der Waals surface area contributed by atoms with E-state index in [1.807, 2.05) is 0 Å². The number of halogens is 2. The van der Waals surface area contributed by atoms with Gasteiger partial charge in [0.2, 0.25) is 0 Å². The second-order valence-corrected chi connectivity index (χ2v) is 8.74. The third kappa shape index (κ3) is 2.45. The molecule has 146 valence electrons. The van der Waals surface area contributed by atoms with Crippen LogP contribution in [0.1, 0.15) is 46.9 Å². The first-order valence-electron chi connectivity index (χ1n) is 10.2. The molecule has 28 heavy (non-hydrogen) atoms. The van der Waals surface area contributed by atoms with E-state index in [4.69, 9.17) is 0 Å². The lowest BCUT2D eigenvalue weighted by molar-refractivity contribution is 0.0617. The number of hydrogen-bond donors (Lipinski definition) is 1. The molecule has 4 heterocycles. The van der Waals surface area contributed by atoms with Gasteiger partial charge in [0.05, 0.1) is 5.69 Å². The standard InChI is InChI=1S/C21H22F2N4O/c22-13-1-2-18(16(23)9-13)27-20-14-7-12(14)8-15(20)19(25-27)21(28)24-17-10-26-5-3-11(17)4-6-26/h1-2,9,11-12,14,17H,3-8,10H2,(H,24,28)/t12-,14-,17-/m1/s1. The van der Waals surface area contributed by atoms with Crippen LogP contribution in [0.5, 0.6) is 0 Å². The van der Waals surface area contributed by atoms with E-state index >= 15 is 0 Å². The molecule has 4 fully saturated rings. The fraction of sp³-hybridized carbons (Fsp3) is 0.524. The molecule has 0 radical (unpaired) electrons. The monoisotopic (exact) mass is 384 g/mol. The summed E-state index contributed by atoms with van der Waals surface area (Å²) >= 11 is 0. The van der Waals surface area contributed by atoms with Crippen LogP contribution in [0.4, 0.5) is 8.78 Å². The molecule has 3 atom stereocenters. The molecule has 2 aromatic rings. The number of carbonyl (C=O) groups excluding carboxylic acids is 1. The van der Waals surface area contributed by atoms with Gasteiger partial charge in [-0.1, -0.05) is 0 Å². The van der Waals surface area contributed by atoms with Gasteiger partial charge in [-0.25, -0.2) is 13.5 Å². The van der Waals surface area contributed by atoms with E-state index < -0.39 is 11.6 Å². The average molecular weight is 384 g/mol. The average Bonchev–Trinajstić information content (AvgIpc) is 3.19. The number of carbonyl (C=O) groups is 1. The Bertz CT molecular complexity index is 979. The summed E-state index contributed by atoms with van der Waals surface area (Å²) in [6, 6.07) is 3.67. The summed E-state index contributed by atoms with van der Waals surface area (Å²) in [4.78, 5) is 15.5. The zero-order valence-corrected chi connectivity index (χ0v) is 15.5. The Morgan fingerprint density at radius 3 is 2.71 bits per heavy atom. The van der Waals surface area contributed by atoms with Crippen molar-refractivity contribution in [1.82, 2.24) is 20.0 Å². The van der Waals surface area contributed by atoms with E-state index in [1.165, 1.54) is 12.1 Å². The number of hydrogen-bond acceptors (Lipinski definition) is 3. The van der Waals surface area contributed by atoms with Crippen LogP contribution < -0.4 is 5.32 Å². The third-order valence-corrected chi connectivity index (χ3v) is 7.09. The maximum absolute atomic E-state index is 14.4. The summed E-state index contributed by atoms with van der Waals surface area (Å²) in [7, 11) is 0. The quantitative estimate of drug-likeness (QED) is 0.885. The van der Waals surface area contributed by atoms with Gasteiger partial charge in [0.25, 0.3) is 5.91 Å². The first kappa shape index (κ1) is 16.7. The highest BCUT2D eigenvalue weighted by molar-refractivity contribution is 5.94. The maximum atomic E-state index is 14.4. The molecule has 1 saturated carbocycles. The van der Waals surface area contributed by atoms with Gasteiger partial charge in [-0.3, -0.25) is 4.79 Å². The highest BCUT2D eigenvalue weighted by atomic mass is 19.1. The second kappa shape index (κ2) is 5.86. The molecule has 3 aliphatic heterocycles. The molecule has 5 aliphatic rings. The highest BCUT2D eigenvalue weighted by Crippen LogP contribution is 2.57. The zero-order chi connectivity index (χ0) is 19.0. The first-order valence-corrected chi connectivity index (χ1v) is 10.2. The maximum Gasteiger partial charge on any atom is 0.272 e. The van der Waals surface area contributed by atoms with E-state index in [9.17, 15) is 13.6 Å². The van der Waals surface area contributed by atoms with E-state index in [0.717, 1.165) is 62.6 Å². The molecule has 7 heteroatoms. The normalized spacial score (nSPS) is 32.1. The molecule has 1 aromatic carbocycles. The fourth-order valence-electron chi connectivity index (χ4n) is 5.50. The van der Waals surface area contributed by atoms with E-state index in [0.29, 0.717) is 23.4 Å². The summed E-state index contributed by atoms with van der Waals surface area (Å²) in [5.74, 6) is -0.0190. The number of piperidine rings is 3. The van der Waals surface area contributed by atoms with Crippen molar-refractivity contribution < 1.29 is 13.6 Å². The van der Waals surface area contributed by atoms with Crippen LogP contribution in [0.15, 0.2) is 18.2 Å². The summed E-state index contributed by atoms with van der Waals surface area (Å²) in [6.07, 6.45) is 4.14. The number of nitrogens with zero attached hydrogens (tertiary/aromatic N) is 3. The van der Waals surface area contributed by atoms with Gasteiger partial charge >= 0.3 is 0 Å². The van der Waals surface area contributed by atoms with Crippen molar-refractivity contribution in [1.29, 1.82) is 0 Å². The topological polar surface area (TPSA) is 50.2 Å². The van der Waals surface area contributed by atoms with Crippen molar-refractivity contribution in [2.24, 2.45) is 11.8 Å². The molecule has 5 nitrogen and oxygen atoms in total. The van der Waals surface area contributed by atoms with Gasteiger partial charge < -0.3 is 10.2 Å². The highest BCUT2D eigenvalue weighted by Gasteiger charge is 2.50. The van der Waals surface area contributed by atoms with Crippen molar-refractivity contribution in [2.75, 3.05) is 19.6 Å². The number of fused-ring (bicyclic) bond motifs is 6. The van der Waals surface area contributed by atoms with Gasteiger partial charge in [-0.2, -0.15) is 5.10 Å². The van der Waals surface area contributed by atoms with Gasteiger partial charge in [-0.15, -0.1) is 0 Å². The largest absolute Gasteiger partial charge is 0.346 e. The lowest BCUT2D eigenvalue weighted by Gasteiger charge is -2.44. The van der Waals surface area contributed by atoms with Gasteiger partial charge in [0.15, 0.2) is 11.5 Å². The van der Waals surface area contributed by atoms with Crippen LogP contribution in [0.3, 0.4) is 0 Å². The van der Waals surface area contributed by atoms with Crippen LogP contribution >= 0.6 is 0 Å². The Labute approximate surface area is 161 Å². The smallest absolute Gasteiger partial charge is 0.272 e. The molecule has 7 rings (SSSR count). The second-order valence-electron chi connectivity index (χ2n) is 8.74. The number of benzene rings is 1. The lowest BCUT2D eigenvalue weighted by Crippen LogP contribution is -2.57. The van der Waals surface area contributed by atoms with Gasteiger partial charge in [0.1, 0.15) is 11.5 Å². The van der Waals surface area contributed by atoms with Gasteiger partial charge in [0, 0.05) is 30.1 Å². The molecule has 1 N–H and O–H groups in total. The number of rotatable bonds is 3. The first-order chi connectivity index (χ1) is 13.6. The summed E-state index contributed by atoms with van der Waals surface area (Å²) in [6.45, 7) is 3.14. The molecule has 3 saturated heterocycles. The minimum Gasteiger partial charge on any atom is -0.346 e. The van der Waals surface area contributed by atoms with Crippen molar-refractivity contribution in [3.05, 3.63) is 46.8 Å². The minimum atomic E-state index is -0.654. The van der Waals surface area contributed by atoms with Crippen LogP contribution in [-0.4, -0.2) is 46.3 Å². The summed E-state index contributed by atoms with van der Waals surface area (Å²) in [5, 5.41) is 7.73. The lowest BCUT2D eigenvalue weighted by atomic mass is 9.84. The molecular formula is C21H22F2N4O. The Hall–Kier alpha value is -2.28. The number of amides is 1. The van der Waals surface area contributed by atoms with Crippen LogP contribution in [0, 0.1) is 23.5 Å². The van der Waals surface area contributed by atoms with Crippen molar-refractivity contribution in [3.63, 3.8) is 0 Å². The van der Waals surface area contributed by atoms with E-state index in [1.54, 1.807) is 4.68 Å². The molecule has 1 amide bonds.